The lowest BCUT2D eigenvalue weighted by molar-refractivity contribution is -0.153. The maximum absolute atomic E-state index is 12.7. The van der Waals surface area contributed by atoms with Gasteiger partial charge in [0, 0.05) is 18.9 Å². The zero-order chi connectivity index (χ0) is 22.9. The Hall–Kier alpha value is -3.45. The van der Waals surface area contributed by atoms with Gasteiger partial charge >= 0.3 is 6.18 Å². The summed E-state index contributed by atoms with van der Waals surface area (Å²) in [5, 5.41) is 18.8. The van der Waals surface area contributed by atoms with Crippen LogP contribution in [0.3, 0.4) is 0 Å². The lowest BCUT2D eigenvalue weighted by atomic mass is 10.3. The van der Waals surface area contributed by atoms with Gasteiger partial charge in [0.05, 0.1) is 12.2 Å². The third-order valence-electron chi connectivity index (χ3n) is 4.49. The number of thiazole rings is 1. The smallest absolute Gasteiger partial charge is 0.449 e. The molecule has 9 nitrogen and oxygen atoms in total. The summed E-state index contributed by atoms with van der Waals surface area (Å²) in [6, 6.07) is 5.59. The van der Waals surface area contributed by atoms with Crippen molar-refractivity contribution in [2.75, 3.05) is 4.90 Å². The van der Waals surface area contributed by atoms with Gasteiger partial charge in [-0.05, 0) is 30.7 Å². The summed E-state index contributed by atoms with van der Waals surface area (Å²) in [6.45, 7) is 1.77. The van der Waals surface area contributed by atoms with Crippen LogP contribution in [0.1, 0.15) is 32.4 Å². The van der Waals surface area contributed by atoms with Crippen LogP contribution in [0.2, 0.25) is 0 Å². The zero-order valence-corrected chi connectivity index (χ0v) is 17.4. The van der Waals surface area contributed by atoms with E-state index in [2.05, 4.69) is 20.4 Å². The third kappa shape index (κ3) is 4.57. The van der Waals surface area contributed by atoms with Crippen LogP contribution in [-0.4, -0.2) is 38.7 Å². The molecule has 2 N–H and O–H groups in total. The van der Waals surface area contributed by atoms with Gasteiger partial charge in [-0.3, -0.25) is 14.7 Å². The Bertz CT molecular complexity index is 1130. The molecule has 0 aliphatic carbocycles. The number of rotatable bonds is 6. The van der Waals surface area contributed by atoms with Crippen LogP contribution in [0, 0.1) is 6.92 Å². The molecule has 3 aromatic heterocycles. The van der Waals surface area contributed by atoms with Gasteiger partial charge in [-0.1, -0.05) is 17.4 Å². The van der Waals surface area contributed by atoms with Crippen LogP contribution < -0.4 is 10.2 Å². The summed E-state index contributed by atoms with van der Waals surface area (Å²) < 4.78 is 42.9. The molecular weight excluding hydrogens is 449 g/mol. The minimum absolute atomic E-state index is 0.0128. The topological polar surface area (TPSA) is 107 Å². The molecule has 0 aromatic carbocycles. The Morgan fingerprint density at radius 3 is 2.84 bits per heavy atom. The second-order valence-electron chi connectivity index (χ2n) is 6.80. The molecule has 4 rings (SSSR count). The number of hydrogen-bond donors (Lipinski definition) is 2. The van der Waals surface area contributed by atoms with Crippen LogP contribution in [0.5, 0.6) is 0 Å². The van der Waals surface area contributed by atoms with E-state index in [9.17, 15) is 23.1 Å². The number of anilines is 1. The number of furan rings is 1. The van der Waals surface area contributed by atoms with Crippen molar-refractivity contribution < 1.29 is 27.5 Å². The summed E-state index contributed by atoms with van der Waals surface area (Å²) in [5.41, 5.74) is 1.31. The van der Waals surface area contributed by atoms with E-state index >= 15 is 0 Å². The molecule has 13 heteroatoms. The maximum atomic E-state index is 12.7. The standard InChI is InChI=1S/C19H17F3N6O3S/c1-11-15(16(29)24-8-12-3-2-6-23-7-12)32-17(26-11)27-10-25-28(18(27)30)9-13-4-5-14(31-13)19(20,21)22/h2-7,10,18,30H,8-9H2,1H3,(H,24,29). The number of carbonyl (C=O) groups excluding carboxylic acids is 1. The fraction of sp³-hybridized carbons (Fsp3) is 0.263. The number of aliphatic hydroxyl groups excluding tert-OH is 1. The molecule has 0 fully saturated rings. The Kier molecular flexibility index (Phi) is 5.84. The molecule has 0 saturated heterocycles. The van der Waals surface area contributed by atoms with Crippen LogP contribution >= 0.6 is 11.3 Å². The largest absolute Gasteiger partial charge is 0.455 e. The molecule has 0 bridgehead atoms. The predicted octanol–water partition coefficient (Wildman–Crippen LogP) is 2.93. The number of aliphatic hydroxyl groups is 1. The number of nitrogens with one attached hydrogen (secondary N) is 1. The fourth-order valence-corrected chi connectivity index (χ4v) is 3.87. The first kappa shape index (κ1) is 21.8. The number of alkyl halides is 3. The number of aryl methyl sites for hydroxylation is 1. The van der Waals surface area contributed by atoms with E-state index in [0.717, 1.165) is 28.0 Å². The van der Waals surface area contributed by atoms with Gasteiger partial charge in [-0.2, -0.15) is 18.3 Å². The monoisotopic (exact) mass is 466 g/mol. The lowest BCUT2D eigenvalue weighted by Crippen LogP contribution is -2.39. The van der Waals surface area contributed by atoms with Crippen molar-refractivity contribution in [3.05, 3.63) is 64.3 Å². The van der Waals surface area contributed by atoms with Crippen molar-refractivity contribution in [3.63, 3.8) is 0 Å². The number of aromatic nitrogens is 2. The number of carbonyl (C=O) groups is 1. The van der Waals surface area contributed by atoms with Crippen molar-refractivity contribution in [2.45, 2.75) is 32.5 Å². The summed E-state index contributed by atoms with van der Waals surface area (Å²) in [6.07, 6.45) is -1.35. The normalized spacial score (nSPS) is 16.1. The van der Waals surface area contributed by atoms with Crippen LogP contribution in [0.4, 0.5) is 18.3 Å². The second kappa shape index (κ2) is 8.59. The minimum Gasteiger partial charge on any atom is -0.455 e. The van der Waals surface area contributed by atoms with Crippen LogP contribution in [-0.2, 0) is 19.3 Å². The van der Waals surface area contributed by atoms with Crippen molar-refractivity contribution in [2.24, 2.45) is 5.10 Å². The molecular formula is C19H17F3N6O3S. The summed E-state index contributed by atoms with van der Waals surface area (Å²) in [7, 11) is 0. The van der Waals surface area contributed by atoms with E-state index in [1.54, 1.807) is 25.4 Å². The van der Waals surface area contributed by atoms with Crippen LogP contribution in [0.15, 0.2) is 46.2 Å². The highest BCUT2D eigenvalue weighted by Gasteiger charge is 2.36. The van der Waals surface area contributed by atoms with Gasteiger partial charge in [-0.25, -0.2) is 9.99 Å². The molecule has 1 aliphatic rings. The van der Waals surface area contributed by atoms with Gasteiger partial charge < -0.3 is 14.8 Å². The Morgan fingerprint density at radius 2 is 2.16 bits per heavy atom. The van der Waals surface area contributed by atoms with Gasteiger partial charge in [0.15, 0.2) is 5.13 Å². The highest BCUT2D eigenvalue weighted by atomic mass is 32.1. The second-order valence-corrected chi connectivity index (χ2v) is 7.78. The molecule has 0 spiro atoms. The fourth-order valence-electron chi connectivity index (χ4n) is 2.90. The summed E-state index contributed by atoms with van der Waals surface area (Å²) in [5.74, 6) is -1.46. The van der Waals surface area contributed by atoms with E-state index in [1.807, 2.05) is 6.07 Å². The van der Waals surface area contributed by atoms with Crippen molar-refractivity contribution >= 4 is 28.7 Å². The van der Waals surface area contributed by atoms with Crippen LogP contribution in [0.25, 0.3) is 0 Å². The zero-order valence-electron chi connectivity index (χ0n) is 16.6. The number of amides is 1. The number of hydrazone groups is 1. The highest BCUT2D eigenvalue weighted by molar-refractivity contribution is 7.17. The van der Waals surface area contributed by atoms with E-state index in [1.165, 1.54) is 17.3 Å². The van der Waals surface area contributed by atoms with Crippen molar-refractivity contribution in [3.8, 4) is 0 Å². The highest BCUT2D eigenvalue weighted by Crippen LogP contribution is 2.32. The molecule has 1 unspecified atom stereocenters. The Balaban J connectivity index is 1.41. The SMILES string of the molecule is Cc1nc(N2C=NN(Cc3ccc(C(F)(F)F)o3)C2O)sc1C(=O)NCc1cccnc1. The molecule has 0 saturated carbocycles. The molecule has 1 amide bonds. The molecule has 1 atom stereocenters. The van der Waals surface area contributed by atoms with E-state index in [4.69, 9.17) is 4.42 Å². The van der Waals surface area contributed by atoms with Gasteiger partial charge in [-0.15, -0.1) is 0 Å². The molecule has 4 heterocycles. The van der Waals surface area contributed by atoms with Gasteiger partial charge in [0.25, 0.3) is 5.91 Å². The average Bonchev–Trinajstić information content (AvgIpc) is 3.47. The molecule has 1 aliphatic heterocycles. The summed E-state index contributed by atoms with van der Waals surface area (Å²) >= 11 is 1.06. The van der Waals surface area contributed by atoms with Gasteiger partial charge in [0.1, 0.15) is 17.0 Å². The van der Waals surface area contributed by atoms with Crippen molar-refractivity contribution in [1.29, 1.82) is 0 Å². The number of nitrogens with zero attached hydrogens (tertiary/aromatic N) is 5. The number of pyridine rings is 1. The number of hydrogen-bond acceptors (Lipinski definition) is 9. The first-order valence-electron chi connectivity index (χ1n) is 9.30. The molecule has 0 radical (unpaired) electrons. The maximum Gasteiger partial charge on any atom is 0.449 e. The lowest BCUT2D eigenvalue weighted by Gasteiger charge is -2.23. The quantitative estimate of drug-likeness (QED) is 0.575. The van der Waals surface area contributed by atoms with E-state index < -0.39 is 18.3 Å². The summed E-state index contributed by atoms with van der Waals surface area (Å²) in [4.78, 5) is 22.5. The number of halogens is 3. The Morgan fingerprint density at radius 1 is 1.34 bits per heavy atom. The molecule has 168 valence electrons. The molecule has 32 heavy (non-hydrogen) atoms. The first-order valence-corrected chi connectivity index (χ1v) is 10.1. The van der Waals surface area contributed by atoms with E-state index in [-0.39, 0.29) is 18.2 Å². The first-order chi connectivity index (χ1) is 15.2. The van der Waals surface area contributed by atoms with Crippen molar-refractivity contribution in [1.82, 2.24) is 20.3 Å². The van der Waals surface area contributed by atoms with Gasteiger partial charge in [0.2, 0.25) is 12.1 Å². The Labute approximate surface area is 183 Å². The van der Waals surface area contributed by atoms with E-state index in [0.29, 0.717) is 22.2 Å². The average molecular weight is 466 g/mol. The predicted molar refractivity (Wildman–Crippen MR) is 108 cm³/mol. The minimum atomic E-state index is -4.59. The molecule has 3 aromatic rings. The third-order valence-corrected chi connectivity index (χ3v) is 5.66.